The van der Waals surface area contributed by atoms with Crippen LogP contribution in [-0.2, 0) is 13.2 Å². The van der Waals surface area contributed by atoms with E-state index < -0.39 is 0 Å². The summed E-state index contributed by atoms with van der Waals surface area (Å²) >= 11 is 0. The van der Waals surface area contributed by atoms with Crippen molar-refractivity contribution in [2.24, 2.45) is 0 Å². The van der Waals surface area contributed by atoms with E-state index in [-0.39, 0.29) is 18.2 Å². The lowest BCUT2D eigenvalue weighted by Crippen LogP contribution is -2.13. The van der Waals surface area contributed by atoms with Crippen LogP contribution in [-0.4, -0.2) is 6.54 Å². The van der Waals surface area contributed by atoms with Crippen LogP contribution in [0.4, 0.5) is 4.39 Å². The predicted octanol–water partition coefficient (Wildman–Crippen LogP) is 3.81. The molecule has 1 aromatic heterocycles. The number of benzene rings is 1. The standard InChI is InChI=1S/C16H20FNO2/c1-3-8-18-10-16-12(2)9-13(20-16)11-19-15-7-5-4-6-14(15)17/h4-7,9,18H,3,8,10-11H2,1-2H3. The van der Waals surface area contributed by atoms with Gasteiger partial charge in [-0.2, -0.15) is 0 Å². The van der Waals surface area contributed by atoms with Crippen LogP contribution in [0.3, 0.4) is 0 Å². The third-order valence-corrected chi connectivity index (χ3v) is 2.99. The number of rotatable bonds is 7. The van der Waals surface area contributed by atoms with Crippen molar-refractivity contribution < 1.29 is 13.5 Å². The maximum Gasteiger partial charge on any atom is 0.165 e. The second kappa shape index (κ2) is 7.10. The molecule has 3 nitrogen and oxygen atoms in total. The molecule has 0 unspecified atom stereocenters. The first kappa shape index (κ1) is 14.6. The third-order valence-electron chi connectivity index (χ3n) is 2.99. The smallest absolute Gasteiger partial charge is 0.165 e. The number of ether oxygens (including phenoxy) is 1. The molecular weight excluding hydrogens is 257 g/mol. The molecule has 0 aliphatic carbocycles. The molecule has 1 aromatic carbocycles. The first-order valence-corrected chi connectivity index (χ1v) is 6.87. The zero-order valence-corrected chi connectivity index (χ0v) is 11.9. The number of aryl methyl sites for hydroxylation is 1. The Kier molecular flexibility index (Phi) is 5.18. The average Bonchev–Trinajstić information content (AvgIpc) is 2.79. The lowest BCUT2D eigenvalue weighted by atomic mass is 10.2. The van der Waals surface area contributed by atoms with Gasteiger partial charge in [0.2, 0.25) is 0 Å². The van der Waals surface area contributed by atoms with Gasteiger partial charge in [0, 0.05) is 0 Å². The molecule has 0 saturated heterocycles. The predicted molar refractivity (Wildman–Crippen MR) is 76.2 cm³/mol. The van der Waals surface area contributed by atoms with Crippen molar-refractivity contribution in [3.63, 3.8) is 0 Å². The van der Waals surface area contributed by atoms with E-state index in [0.717, 1.165) is 24.3 Å². The van der Waals surface area contributed by atoms with Crippen molar-refractivity contribution in [1.29, 1.82) is 0 Å². The molecule has 0 bridgehead atoms. The van der Waals surface area contributed by atoms with Gasteiger partial charge in [-0.15, -0.1) is 0 Å². The minimum absolute atomic E-state index is 0.232. The lowest BCUT2D eigenvalue weighted by Gasteiger charge is -2.05. The van der Waals surface area contributed by atoms with Crippen LogP contribution in [0.2, 0.25) is 0 Å². The topological polar surface area (TPSA) is 34.4 Å². The fourth-order valence-electron chi connectivity index (χ4n) is 1.93. The van der Waals surface area contributed by atoms with Crippen LogP contribution >= 0.6 is 0 Å². The van der Waals surface area contributed by atoms with Crippen LogP contribution in [0.1, 0.15) is 30.4 Å². The molecule has 4 heteroatoms. The molecule has 2 rings (SSSR count). The number of hydrogen-bond donors (Lipinski definition) is 1. The molecule has 0 saturated carbocycles. The monoisotopic (exact) mass is 277 g/mol. The van der Waals surface area contributed by atoms with Crippen molar-refractivity contribution in [2.45, 2.75) is 33.4 Å². The van der Waals surface area contributed by atoms with Crippen molar-refractivity contribution >= 4 is 0 Å². The second-order valence-corrected chi connectivity index (χ2v) is 4.71. The Bertz CT molecular complexity index is 551. The zero-order valence-electron chi connectivity index (χ0n) is 11.9. The maximum atomic E-state index is 13.4. The van der Waals surface area contributed by atoms with Crippen molar-refractivity contribution in [3.05, 3.63) is 53.2 Å². The van der Waals surface area contributed by atoms with Gasteiger partial charge >= 0.3 is 0 Å². The molecular formula is C16H20FNO2. The molecule has 1 heterocycles. The van der Waals surface area contributed by atoms with Crippen molar-refractivity contribution in [3.8, 4) is 5.75 Å². The van der Waals surface area contributed by atoms with E-state index in [4.69, 9.17) is 9.15 Å². The zero-order chi connectivity index (χ0) is 14.4. The number of furan rings is 1. The summed E-state index contributed by atoms with van der Waals surface area (Å²) in [5.41, 5.74) is 1.08. The number of nitrogens with one attached hydrogen (secondary N) is 1. The fraction of sp³-hybridized carbons (Fsp3) is 0.375. The van der Waals surface area contributed by atoms with Gasteiger partial charge in [0.05, 0.1) is 6.54 Å². The van der Waals surface area contributed by atoms with E-state index in [9.17, 15) is 4.39 Å². The van der Waals surface area contributed by atoms with Gasteiger partial charge in [0.1, 0.15) is 18.1 Å². The van der Waals surface area contributed by atoms with Gasteiger partial charge in [-0.25, -0.2) is 4.39 Å². The molecule has 20 heavy (non-hydrogen) atoms. The van der Waals surface area contributed by atoms with E-state index in [2.05, 4.69) is 12.2 Å². The quantitative estimate of drug-likeness (QED) is 0.782. The second-order valence-electron chi connectivity index (χ2n) is 4.71. The Hall–Kier alpha value is -1.81. The van der Waals surface area contributed by atoms with Gasteiger partial charge in [-0.1, -0.05) is 19.1 Å². The molecule has 108 valence electrons. The van der Waals surface area contributed by atoms with E-state index in [1.54, 1.807) is 18.2 Å². The number of hydrogen-bond acceptors (Lipinski definition) is 3. The molecule has 0 aliphatic heterocycles. The Labute approximate surface area is 118 Å². The van der Waals surface area contributed by atoms with E-state index in [1.807, 2.05) is 13.0 Å². The van der Waals surface area contributed by atoms with Crippen molar-refractivity contribution in [1.82, 2.24) is 5.32 Å². The van der Waals surface area contributed by atoms with Gasteiger partial charge < -0.3 is 14.5 Å². The van der Waals surface area contributed by atoms with E-state index >= 15 is 0 Å². The van der Waals surface area contributed by atoms with Crippen LogP contribution in [0.15, 0.2) is 34.7 Å². The Morgan fingerprint density at radius 2 is 2.10 bits per heavy atom. The Morgan fingerprint density at radius 1 is 1.30 bits per heavy atom. The van der Waals surface area contributed by atoms with Gasteiger partial charge in [0.25, 0.3) is 0 Å². The molecule has 0 spiro atoms. The van der Waals surface area contributed by atoms with Crippen LogP contribution < -0.4 is 10.1 Å². The molecule has 1 N–H and O–H groups in total. The van der Waals surface area contributed by atoms with Crippen molar-refractivity contribution in [2.75, 3.05) is 6.54 Å². The molecule has 0 atom stereocenters. The minimum Gasteiger partial charge on any atom is -0.483 e. The first-order valence-electron chi connectivity index (χ1n) is 6.87. The van der Waals surface area contributed by atoms with E-state index in [0.29, 0.717) is 12.3 Å². The molecule has 2 aromatic rings. The summed E-state index contributed by atoms with van der Waals surface area (Å²) in [6.45, 7) is 6.02. The summed E-state index contributed by atoms with van der Waals surface area (Å²) < 4.78 is 24.6. The molecule has 0 fully saturated rings. The first-order chi connectivity index (χ1) is 9.70. The van der Waals surface area contributed by atoms with Crippen LogP contribution in [0, 0.1) is 12.7 Å². The largest absolute Gasteiger partial charge is 0.483 e. The minimum atomic E-state index is -0.361. The average molecular weight is 277 g/mol. The van der Waals surface area contributed by atoms with Gasteiger partial charge in [-0.05, 0) is 43.7 Å². The van der Waals surface area contributed by atoms with E-state index in [1.165, 1.54) is 6.07 Å². The number of halogens is 1. The highest BCUT2D eigenvalue weighted by Gasteiger charge is 2.09. The summed E-state index contributed by atoms with van der Waals surface area (Å²) in [5.74, 6) is 1.50. The Morgan fingerprint density at radius 3 is 2.85 bits per heavy atom. The highest BCUT2D eigenvalue weighted by atomic mass is 19.1. The van der Waals surface area contributed by atoms with Crippen LogP contribution in [0.25, 0.3) is 0 Å². The molecule has 0 amide bonds. The summed E-state index contributed by atoms with van der Waals surface area (Å²) in [5, 5.41) is 3.29. The third kappa shape index (κ3) is 3.84. The molecule has 0 aliphatic rings. The lowest BCUT2D eigenvalue weighted by molar-refractivity contribution is 0.254. The number of para-hydroxylation sites is 1. The van der Waals surface area contributed by atoms with Gasteiger partial charge in [0.15, 0.2) is 11.6 Å². The van der Waals surface area contributed by atoms with Crippen LogP contribution in [0.5, 0.6) is 5.75 Å². The SMILES string of the molecule is CCCNCc1oc(COc2ccccc2F)cc1C. The molecule has 0 radical (unpaired) electrons. The summed E-state index contributed by atoms with van der Waals surface area (Å²) in [6, 6.07) is 8.30. The highest BCUT2D eigenvalue weighted by molar-refractivity contribution is 5.24. The summed E-state index contributed by atoms with van der Waals surface area (Å²) in [4.78, 5) is 0. The Balaban J connectivity index is 1.93. The fourth-order valence-corrected chi connectivity index (χ4v) is 1.93. The van der Waals surface area contributed by atoms with Gasteiger partial charge in [-0.3, -0.25) is 0 Å². The normalized spacial score (nSPS) is 10.8. The highest BCUT2D eigenvalue weighted by Crippen LogP contribution is 2.19. The maximum absolute atomic E-state index is 13.4. The summed E-state index contributed by atoms with van der Waals surface area (Å²) in [7, 11) is 0. The summed E-state index contributed by atoms with van der Waals surface area (Å²) in [6.07, 6.45) is 1.09.